The van der Waals surface area contributed by atoms with Crippen LogP contribution in [0.15, 0.2) is 6.07 Å². The van der Waals surface area contributed by atoms with Crippen molar-refractivity contribution >= 4 is 17.6 Å². The van der Waals surface area contributed by atoms with Crippen molar-refractivity contribution in [3.8, 4) is 0 Å². The molecule has 0 saturated heterocycles. The summed E-state index contributed by atoms with van der Waals surface area (Å²) in [6, 6.07) is 1.63. The van der Waals surface area contributed by atoms with Gasteiger partial charge in [-0.15, -0.1) is 0 Å². The zero-order valence-corrected chi connectivity index (χ0v) is 8.45. The SMILES string of the molecule is Cc1cc(NCCN)nc(N)c1C(=O)O. The summed E-state index contributed by atoms with van der Waals surface area (Å²) in [7, 11) is 0. The maximum Gasteiger partial charge on any atom is 0.339 e. The molecule has 0 aliphatic carbocycles. The third-order valence-electron chi connectivity index (χ3n) is 1.91. The van der Waals surface area contributed by atoms with Crippen LogP contribution >= 0.6 is 0 Å². The predicted octanol–water partition coefficient (Wildman–Crippen LogP) is 0.0410. The van der Waals surface area contributed by atoms with E-state index in [2.05, 4.69) is 10.3 Å². The normalized spacial score (nSPS) is 10.0. The molecule has 6 heteroatoms. The van der Waals surface area contributed by atoms with E-state index >= 15 is 0 Å². The second-order valence-corrected chi connectivity index (χ2v) is 3.11. The van der Waals surface area contributed by atoms with Crippen LogP contribution in [-0.2, 0) is 0 Å². The van der Waals surface area contributed by atoms with E-state index in [1.165, 1.54) is 0 Å². The van der Waals surface area contributed by atoms with E-state index in [4.69, 9.17) is 16.6 Å². The van der Waals surface area contributed by atoms with E-state index < -0.39 is 5.97 Å². The van der Waals surface area contributed by atoms with Crippen molar-refractivity contribution in [2.45, 2.75) is 6.92 Å². The van der Waals surface area contributed by atoms with Crippen LogP contribution in [0.25, 0.3) is 0 Å². The summed E-state index contributed by atoms with van der Waals surface area (Å²) >= 11 is 0. The maximum absolute atomic E-state index is 10.8. The Morgan fingerprint density at radius 1 is 1.67 bits per heavy atom. The molecule has 6 nitrogen and oxygen atoms in total. The average molecular weight is 210 g/mol. The molecule has 1 heterocycles. The molecule has 0 saturated carbocycles. The third-order valence-corrected chi connectivity index (χ3v) is 1.91. The van der Waals surface area contributed by atoms with Crippen molar-refractivity contribution in [2.24, 2.45) is 5.73 Å². The fourth-order valence-corrected chi connectivity index (χ4v) is 1.27. The number of nitrogen functional groups attached to an aromatic ring is 1. The van der Waals surface area contributed by atoms with Gasteiger partial charge in [0.25, 0.3) is 0 Å². The first-order chi connectivity index (χ1) is 7.06. The molecule has 1 rings (SSSR count). The lowest BCUT2D eigenvalue weighted by molar-refractivity contribution is 0.0697. The molecule has 15 heavy (non-hydrogen) atoms. The summed E-state index contributed by atoms with van der Waals surface area (Å²) < 4.78 is 0. The van der Waals surface area contributed by atoms with Gasteiger partial charge in [0, 0.05) is 13.1 Å². The highest BCUT2D eigenvalue weighted by atomic mass is 16.4. The van der Waals surface area contributed by atoms with E-state index in [9.17, 15) is 4.79 Å². The van der Waals surface area contributed by atoms with E-state index in [0.29, 0.717) is 24.5 Å². The van der Waals surface area contributed by atoms with Gasteiger partial charge >= 0.3 is 5.97 Å². The first-order valence-corrected chi connectivity index (χ1v) is 4.50. The number of nitrogens with two attached hydrogens (primary N) is 2. The molecule has 82 valence electrons. The summed E-state index contributed by atoms with van der Waals surface area (Å²) in [6.45, 7) is 2.72. The predicted molar refractivity (Wildman–Crippen MR) is 57.9 cm³/mol. The smallest absolute Gasteiger partial charge is 0.339 e. The number of nitrogens with one attached hydrogen (secondary N) is 1. The Labute approximate surface area is 87.3 Å². The number of rotatable bonds is 4. The zero-order valence-electron chi connectivity index (χ0n) is 8.45. The molecular formula is C9H14N4O2. The summed E-state index contributed by atoms with van der Waals surface area (Å²) in [4.78, 5) is 14.7. The quantitative estimate of drug-likeness (QED) is 0.558. The first kappa shape index (κ1) is 11.3. The molecule has 0 amide bonds. The van der Waals surface area contributed by atoms with E-state index in [1.807, 2.05) is 0 Å². The number of aromatic nitrogens is 1. The Morgan fingerprint density at radius 3 is 2.80 bits per heavy atom. The number of carbonyl (C=O) groups is 1. The molecular weight excluding hydrogens is 196 g/mol. The van der Waals surface area contributed by atoms with E-state index in [0.717, 1.165) is 0 Å². The molecule has 1 aromatic rings. The highest BCUT2D eigenvalue weighted by molar-refractivity contribution is 5.94. The molecule has 0 radical (unpaired) electrons. The van der Waals surface area contributed by atoms with Crippen LogP contribution < -0.4 is 16.8 Å². The fourth-order valence-electron chi connectivity index (χ4n) is 1.27. The number of hydrogen-bond acceptors (Lipinski definition) is 5. The number of aromatic carboxylic acids is 1. The minimum Gasteiger partial charge on any atom is -0.478 e. The number of anilines is 2. The molecule has 0 aliphatic rings. The van der Waals surface area contributed by atoms with E-state index in [-0.39, 0.29) is 11.4 Å². The van der Waals surface area contributed by atoms with Crippen molar-refractivity contribution in [3.63, 3.8) is 0 Å². The number of pyridine rings is 1. The molecule has 6 N–H and O–H groups in total. The second-order valence-electron chi connectivity index (χ2n) is 3.11. The van der Waals surface area contributed by atoms with Gasteiger partial charge in [-0.2, -0.15) is 0 Å². The maximum atomic E-state index is 10.8. The Morgan fingerprint density at radius 2 is 2.33 bits per heavy atom. The lowest BCUT2D eigenvalue weighted by Gasteiger charge is -2.09. The first-order valence-electron chi connectivity index (χ1n) is 4.50. The molecule has 0 spiro atoms. The van der Waals surface area contributed by atoms with Gasteiger partial charge in [0.2, 0.25) is 0 Å². The van der Waals surface area contributed by atoms with Crippen LogP contribution in [0, 0.1) is 6.92 Å². The fraction of sp³-hybridized carbons (Fsp3) is 0.333. The Hall–Kier alpha value is -1.82. The number of carboxylic acid groups (broad SMARTS) is 1. The molecule has 0 atom stereocenters. The van der Waals surface area contributed by atoms with Crippen molar-refractivity contribution in [3.05, 3.63) is 17.2 Å². The van der Waals surface area contributed by atoms with Crippen LogP contribution in [0.5, 0.6) is 0 Å². The van der Waals surface area contributed by atoms with Crippen LogP contribution in [-0.4, -0.2) is 29.1 Å². The summed E-state index contributed by atoms with van der Waals surface area (Å²) in [5.41, 5.74) is 11.5. The van der Waals surface area contributed by atoms with Crippen molar-refractivity contribution in [1.29, 1.82) is 0 Å². The van der Waals surface area contributed by atoms with Gasteiger partial charge in [0.05, 0.1) is 0 Å². The van der Waals surface area contributed by atoms with Gasteiger partial charge < -0.3 is 21.9 Å². The van der Waals surface area contributed by atoms with Gasteiger partial charge in [-0.1, -0.05) is 0 Å². The summed E-state index contributed by atoms with van der Waals surface area (Å²) in [6.07, 6.45) is 0. The van der Waals surface area contributed by atoms with Crippen molar-refractivity contribution in [2.75, 3.05) is 24.1 Å². The standard InChI is InChI=1S/C9H14N4O2/c1-5-4-6(12-3-2-10)13-8(11)7(5)9(14)15/h4H,2-3,10H2,1H3,(H,14,15)(H3,11,12,13). The zero-order chi connectivity index (χ0) is 11.4. The molecule has 0 aromatic carbocycles. The lowest BCUT2D eigenvalue weighted by Crippen LogP contribution is -2.15. The molecule has 0 unspecified atom stereocenters. The Kier molecular flexibility index (Phi) is 3.46. The minimum absolute atomic E-state index is 0.0158. The van der Waals surface area contributed by atoms with Gasteiger partial charge in [-0.05, 0) is 18.6 Å². The highest BCUT2D eigenvalue weighted by Gasteiger charge is 2.13. The summed E-state index contributed by atoms with van der Waals surface area (Å²) in [5, 5.41) is 11.8. The largest absolute Gasteiger partial charge is 0.478 e. The topological polar surface area (TPSA) is 114 Å². The van der Waals surface area contributed by atoms with Gasteiger partial charge in [-0.25, -0.2) is 9.78 Å². The Balaban J connectivity index is 3.03. The second kappa shape index (κ2) is 4.61. The lowest BCUT2D eigenvalue weighted by atomic mass is 10.1. The molecule has 0 aliphatic heterocycles. The Bertz CT molecular complexity index is 355. The monoisotopic (exact) mass is 210 g/mol. The van der Waals surface area contributed by atoms with Crippen molar-refractivity contribution in [1.82, 2.24) is 4.98 Å². The third kappa shape index (κ3) is 2.57. The highest BCUT2D eigenvalue weighted by Crippen LogP contribution is 2.18. The van der Waals surface area contributed by atoms with Crippen LogP contribution in [0.3, 0.4) is 0 Å². The van der Waals surface area contributed by atoms with Crippen LogP contribution in [0.4, 0.5) is 11.6 Å². The van der Waals surface area contributed by atoms with Gasteiger partial charge in [0.15, 0.2) is 0 Å². The van der Waals surface area contributed by atoms with Crippen LogP contribution in [0.2, 0.25) is 0 Å². The average Bonchev–Trinajstić information content (AvgIpc) is 2.12. The summed E-state index contributed by atoms with van der Waals surface area (Å²) in [5.74, 6) is -0.509. The number of carboxylic acids is 1. The number of hydrogen-bond donors (Lipinski definition) is 4. The molecule has 0 bridgehead atoms. The minimum atomic E-state index is -1.07. The molecule has 0 fully saturated rings. The van der Waals surface area contributed by atoms with Gasteiger partial charge in [-0.3, -0.25) is 0 Å². The van der Waals surface area contributed by atoms with E-state index in [1.54, 1.807) is 13.0 Å². The van der Waals surface area contributed by atoms with Gasteiger partial charge in [0.1, 0.15) is 17.2 Å². The number of nitrogens with zero attached hydrogens (tertiary/aromatic N) is 1. The number of aryl methyl sites for hydroxylation is 1. The van der Waals surface area contributed by atoms with Crippen LogP contribution in [0.1, 0.15) is 15.9 Å². The molecule has 1 aromatic heterocycles. The van der Waals surface area contributed by atoms with Crippen molar-refractivity contribution < 1.29 is 9.90 Å².